The summed E-state index contributed by atoms with van der Waals surface area (Å²) in [7, 11) is 0. The first kappa shape index (κ1) is 47.5. The zero-order valence-corrected chi connectivity index (χ0v) is 31.3. The van der Waals surface area contributed by atoms with Crippen molar-refractivity contribution in [3.63, 3.8) is 0 Å². The van der Waals surface area contributed by atoms with Gasteiger partial charge in [-0.1, -0.05) is 40.5 Å². The largest absolute Gasteiger partial charge is 0.480 e. The van der Waals surface area contributed by atoms with Gasteiger partial charge >= 0.3 is 5.97 Å². The van der Waals surface area contributed by atoms with Crippen molar-refractivity contribution < 1.29 is 48.9 Å². The van der Waals surface area contributed by atoms with E-state index in [1.54, 1.807) is 34.0 Å². The van der Waals surface area contributed by atoms with Gasteiger partial charge in [0.2, 0.25) is 35.4 Å². The fraction of sp³-hybridized carbons (Fsp3) is 0.781. The van der Waals surface area contributed by atoms with E-state index < -0.39 is 96.9 Å². The first-order valence-corrected chi connectivity index (χ1v) is 18.6. The van der Waals surface area contributed by atoms with Gasteiger partial charge in [0.15, 0.2) is 0 Å². The number of aliphatic hydroxyl groups excluding tert-OH is 2. The fourth-order valence-corrected chi connectivity index (χ4v) is 5.14. The van der Waals surface area contributed by atoms with Gasteiger partial charge in [0.1, 0.15) is 36.3 Å². The smallest absolute Gasteiger partial charge is 0.326 e. The average Bonchev–Trinajstić information content (AvgIpc) is 3.08. The van der Waals surface area contributed by atoms with E-state index in [1.165, 1.54) is 18.7 Å². The molecule has 51 heavy (non-hydrogen) atoms. The Morgan fingerprint density at radius 2 is 1.18 bits per heavy atom. The summed E-state index contributed by atoms with van der Waals surface area (Å²) in [6.07, 6.45) is 4.22. The van der Waals surface area contributed by atoms with Crippen LogP contribution in [0.15, 0.2) is 0 Å². The van der Waals surface area contributed by atoms with Crippen LogP contribution in [0.5, 0.6) is 0 Å². The number of aliphatic hydroxyl groups is 2. The number of amides is 6. The standard InChI is InChI=1S/C32H60N8O10S/c1-7-18(4)25(40-27(44)20(34)10-8-9-12-33)31(48)39-23(15-41)29(46)35-19(5)26(43)38-24(16-42)30(47)37-22(14-17(2)3)28(45)36-21(32(49)50)11-13-51-6/h17-25,41-42H,7-16,33-34H2,1-6H3,(H,35,46)(H,36,45)(H,37,47)(H,38,43)(H,39,48)(H,40,44)(H,49,50)/t18-,19-,20-,21-,22-,23-,24-,25-/m0/s1. The molecule has 8 atom stereocenters. The Hall–Kier alpha value is -3.52. The third-order valence-electron chi connectivity index (χ3n) is 8.05. The van der Waals surface area contributed by atoms with Gasteiger partial charge in [-0.05, 0) is 63.0 Å². The molecule has 294 valence electrons. The van der Waals surface area contributed by atoms with Crippen LogP contribution in [-0.2, 0) is 33.6 Å². The Labute approximate surface area is 304 Å². The van der Waals surface area contributed by atoms with E-state index in [4.69, 9.17) is 11.5 Å². The predicted molar refractivity (Wildman–Crippen MR) is 192 cm³/mol. The molecule has 0 aromatic heterocycles. The monoisotopic (exact) mass is 748 g/mol. The van der Waals surface area contributed by atoms with E-state index in [9.17, 15) is 48.9 Å². The van der Waals surface area contributed by atoms with Gasteiger partial charge in [0.05, 0.1) is 19.3 Å². The molecule has 0 unspecified atom stereocenters. The lowest BCUT2D eigenvalue weighted by Crippen LogP contribution is -2.61. The quantitative estimate of drug-likeness (QED) is 0.0402. The summed E-state index contributed by atoms with van der Waals surface area (Å²) in [4.78, 5) is 89.4. The van der Waals surface area contributed by atoms with Crippen LogP contribution in [0.4, 0.5) is 0 Å². The zero-order chi connectivity index (χ0) is 39.3. The minimum atomic E-state index is -1.55. The number of carbonyl (C=O) groups excluding carboxylic acids is 6. The number of hydrogen-bond donors (Lipinski definition) is 11. The topological polar surface area (TPSA) is 304 Å². The Morgan fingerprint density at radius 3 is 1.67 bits per heavy atom. The van der Waals surface area contributed by atoms with Gasteiger partial charge in [-0.2, -0.15) is 11.8 Å². The molecule has 0 aromatic rings. The van der Waals surface area contributed by atoms with Crippen molar-refractivity contribution in [1.82, 2.24) is 31.9 Å². The molecular formula is C32H60N8O10S. The van der Waals surface area contributed by atoms with Crippen molar-refractivity contribution in [3.8, 4) is 0 Å². The second kappa shape index (κ2) is 25.4. The Balaban J connectivity index is 5.53. The van der Waals surface area contributed by atoms with Crippen molar-refractivity contribution >= 4 is 53.2 Å². The molecule has 0 spiro atoms. The molecule has 0 fully saturated rings. The molecule has 0 rings (SSSR count). The van der Waals surface area contributed by atoms with Gasteiger partial charge in [-0.25, -0.2) is 4.79 Å². The maximum Gasteiger partial charge on any atom is 0.326 e. The highest BCUT2D eigenvalue weighted by atomic mass is 32.2. The van der Waals surface area contributed by atoms with Crippen LogP contribution in [0.3, 0.4) is 0 Å². The molecular weight excluding hydrogens is 688 g/mol. The van der Waals surface area contributed by atoms with Gasteiger partial charge in [0, 0.05) is 0 Å². The van der Waals surface area contributed by atoms with E-state index in [1.807, 2.05) is 0 Å². The highest BCUT2D eigenvalue weighted by molar-refractivity contribution is 7.98. The summed E-state index contributed by atoms with van der Waals surface area (Å²) in [5.74, 6) is -6.09. The van der Waals surface area contributed by atoms with Crippen LogP contribution >= 0.6 is 11.8 Å². The van der Waals surface area contributed by atoms with E-state index in [0.717, 1.165) is 0 Å². The van der Waals surface area contributed by atoms with Crippen LogP contribution in [0.25, 0.3) is 0 Å². The molecule has 0 aliphatic heterocycles. The van der Waals surface area contributed by atoms with Crippen molar-refractivity contribution in [1.29, 1.82) is 0 Å². The van der Waals surface area contributed by atoms with Crippen LogP contribution in [0.2, 0.25) is 0 Å². The number of carboxylic acid groups (broad SMARTS) is 1. The highest BCUT2D eigenvalue weighted by Gasteiger charge is 2.33. The van der Waals surface area contributed by atoms with Crippen molar-refractivity contribution in [3.05, 3.63) is 0 Å². The minimum absolute atomic E-state index is 0.103. The number of nitrogens with two attached hydrogens (primary N) is 2. The molecule has 6 amide bonds. The second-order valence-corrected chi connectivity index (χ2v) is 13.8. The van der Waals surface area contributed by atoms with Gasteiger partial charge in [-0.15, -0.1) is 0 Å². The molecule has 18 nitrogen and oxygen atoms in total. The second-order valence-electron chi connectivity index (χ2n) is 12.9. The zero-order valence-electron chi connectivity index (χ0n) is 30.5. The summed E-state index contributed by atoms with van der Waals surface area (Å²) in [6, 6.07) is -8.73. The fourth-order valence-electron chi connectivity index (χ4n) is 4.67. The summed E-state index contributed by atoms with van der Waals surface area (Å²) in [6.45, 7) is 7.07. The first-order chi connectivity index (χ1) is 24.0. The highest BCUT2D eigenvalue weighted by Crippen LogP contribution is 2.11. The van der Waals surface area contributed by atoms with E-state index in [-0.39, 0.29) is 24.7 Å². The molecule has 0 saturated heterocycles. The van der Waals surface area contributed by atoms with E-state index in [2.05, 4.69) is 31.9 Å². The Morgan fingerprint density at radius 1 is 0.667 bits per heavy atom. The number of rotatable bonds is 26. The molecule has 0 heterocycles. The van der Waals surface area contributed by atoms with Gasteiger partial charge in [-0.3, -0.25) is 28.8 Å². The first-order valence-electron chi connectivity index (χ1n) is 17.2. The lowest BCUT2D eigenvalue weighted by Gasteiger charge is -2.27. The van der Waals surface area contributed by atoms with Crippen LogP contribution in [0.1, 0.15) is 73.1 Å². The molecule has 19 heteroatoms. The number of aliphatic carboxylic acids is 1. The number of carboxylic acids is 1. The molecule has 0 bridgehead atoms. The molecule has 0 radical (unpaired) electrons. The van der Waals surface area contributed by atoms with E-state index in [0.29, 0.717) is 38.0 Å². The lowest BCUT2D eigenvalue weighted by molar-refractivity contribution is -0.142. The summed E-state index contributed by atoms with van der Waals surface area (Å²) in [5, 5.41) is 43.8. The van der Waals surface area contributed by atoms with Crippen LogP contribution in [-0.4, -0.2) is 131 Å². The lowest BCUT2D eigenvalue weighted by atomic mass is 9.97. The van der Waals surface area contributed by atoms with Crippen molar-refractivity contribution in [2.24, 2.45) is 23.3 Å². The number of nitrogens with one attached hydrogen (secondary N) is 6. The number of hydrogen-bond acceptors (Lipinski definition) is 12. The van der Waals surface area contributed by atoms with Crippen molar-refractivity contribution in [2.75, 3.05) is 31.8 Å². The maximum atomic E-state index is 13.2. The van der Waals surface area contributed by atoms with Crippen molar-refractivity contribution in [2.45, 2.75) is 115 Å². The molecule has 0 aromatic carbocycles. The molecule has 0 aliphatic rings. The number of unbranched alkanes of at least 4 members (excludes halogenated alkanes) is 1. The van der Waals surface area contributed by atoms with Gasteiger partial charge < -0.3 is 58.7 Å². The molecule has 0 aliphatic carbocycles. The normalized spacial score (nSPS) is 15.9. The summed E-state index contributed by atoms with van der Waals surface area (Å²) in [5.41, 5.74) is 11.4. The average molecular weight is 749 g/mol. The Kier molecular flexibility index (Phi) is 23.7. The SMILES string of the molecule is CC[C@H](C)[C@H](NC(=O)[C@@H](N)CCCCN)C(=O)N[C@@H](CO)C(=O)N[C@@H](C)C(=O)N[C@@H](CO)C(=O)N[C@@H](CC(C)C)C(=O)N[C@@H](CCSC)C(=O)O. The summed E-state index contributed by atoms with van der Waals surface area (Å²) >= 11 is 1.41. The number of thioether (sulfide) groups is 1. The molecule has 13 N–H and O–H groups in total. The van der Waals surface area contributed by atoms with Crippen LogP contribution < -0.4 is 43.4 Å². The maximum absolute atomic E-state index is 13.2. The minimum Gasteiger partial charge on any atom is -0.480 e. The van der Waals surface area contributed by atoms with Gasteiger partial charge in [0.25, 0.3) is 0 Å². The van der Waals surface area contributed by atoms with E-state index >= 15 is 0 Å². The Bertz CT molecular complexity index is 1150. The van der Waals surface area contributed by atoms with Crippen LogP contribution in [0, 0.1) is 11.8 Å². The predicted octanol–water partition coefficient (Wildman–Crippen LogP) is -2.71. The third-order valence-corrected chi connectivity index (χ3v) is 8.69. The third kappa shape index (κ3) is 18.0. The number of carbonyl (C=O) groups is 7. The summed E-state index contributed by atoms with van der Waals surface area (Å²) < 4.78 is 0. The molecule has 0 saturated carbocycles.